The fourth-order valence-corrected chi connectivity index (χ4v) is 5.62. The number of hydrogen-bond acceptors (Lipinski definition) is 3. The van der Waals surface area contributed by atoms with Gasteiger partial charge in [0, 0.05) is 16.6 Å². The van der Waals surface area contributed by atoms with Crippen LogP contribution >= 0.6 is 23.2 Å². The summed E-state index contributed by atoms with van der Waals surface area (Å²) < 4.78 is 28.2. The molecule has 0 bridgehead atoms. The van der Waals surface area contributed by atoms with Crippen LogP contribution < -0.4 is 4.31 Å². The number of benzene rings is 3. The summed E-state index contributed by atoms with van der Waals surface area (Å²) in [6.45, 7) is 0.282. The van der Waals surface area contributed by atoms with E-state index in [4.69, 9.17) is 23.2 Å². The third-order valence-corrected chi connectivity index (χ3v) is 7.84. The molecular weight excluding hydrogens is 467 g/mol. The fraction of sp³-hybridized carbons (Fsp3) is 0.208. The monoisotopic (exact) mass is 488 g/mol. The van der Waals surface area contributed by atoms with Gasteiger partial charge in [-0.1, -0.05) is 53.5 Å². The predicted octanol–water partition coefficient (Wildman–Crippen LogP) is 5.55. The van der Waals surface area contributed by atoms with E-state index < -0.39 is 10.0 Å². The van der Waals surface area contributed by atoms with Gasteiger partial charge in [-0.2, -0.15) is 0 Å². The molecule has 1 amide bonds. The zero-order valence-corrected chi connectivity index (χ0v) is 19.5. The van der Waals surface area contributed by atoms with Crippen LogP contribution in [0.15, 0.2) is 83.8 Å². The highest BCUT2D eigenvalue weighted by atomic mass is 35.5. The topological polar surface area (TPSA) is 57.7 Å². The van der Waals surface area contributed by atoms with E-state index in [0.29, 0.717) is 22.3 Å². The van der Waals surface area contributed by atoms with Crippen LogP contribution in [0.4, 0.5) is 5.69 Å². The minimum atomic E-state index is -4.01. The number of anilines is 1. The van der Waals surface area contributed by atoms with Crippen molar-refractivity contribution < 1.29 is 13.2 Å². The lowest BCUT2D eigenvalue weighted by Gasteiger charge is -2.30. The molecule has 8 heteroatoms. The normalized spacial score (nSPS) is 16.2. The van der Waals surface area contributed by atoms with E-state index in [1.165, 1.54) is 24.3 Å². The molecule has 3 aromatic rings. The lowest BCUT2D eigenvalue weighted by atomic mass is 10.0. The summed E-state index contributed by atoms with van der Waals surface area (Å²) in [6.07, 6.45) is 1.72. The molecule has 0 saturated carbocycles. The van der Waals surface area contributed by atoms with Crippen LogP contribution in [0, 0.1) is 0 Å². The second-order valence-corrected chi connectivity index (χ2v) is 10.3. The molecule has 1 aliphatic heterocycles. The number of hydrogen-bond donors (Lipinski definition) is 0. The second-order valence-electron chi connectivity index (χ2n) is 7.60. The predicted molar refractivity (Wildman–Crippen MR) is 128 cm³/mol. The molecule has 0 spiro atoms. The number of halogens is 2. The molecule has 1 saturated heterocycles. The summed E-state index contributed by atoms with van der Waals surface area (Å²) in [4.78, 5) is 15.2. The maximum Gasteiger partial charge on any atom is 0.264 e. The largest absolute Gasteiger partial charge is 0.334 e. The summed E-state index contributed by atoms with van der Waals surface area (Å²) in [7, 11) is -4.01. The van der Waals surface area contributed by atoms with E-state index in [2.05, 4.69) is 0 Å². The van der Waals surface area contributed by atoms with Crippen molar-refractivity contribution in [2.75, 3.05) is 17.4 Å². The standard InChI is InChI=1S/C24H22Cl2N2O3S/c25-19-8-12-21(13-9-19)28(32(30,31)22-14-10-20(26)11-15-22)17-24(29)27-16-4-7-23(27)18-5-2-1-3-6-18/h1-3,5-6,8-15,23H,4,7,16-17H2. The van der Waals surface area contributed by atoms with E-state index in [-0.39, 0.29) is 23.4 Å². The minimum Gasteiger partial charge on any atom is -0.334 e. The summed E-state index contributed by atoms with van der Waals surface area (Å²) >= 11 is 11.9. The van der Waals surface area contributed by atoms with Crippen LogP contribution in [-0.2, 0) is 14.8 Å². The summed E-state index contributed by atoms with van der Waals surface area (Å²) in [6, 6.07) is 22.1. The summed E-state index contributed by atoms with van der Waals surface area (Å²) in [5.74, 6) is -0.246. The quantitative estimate of drug-likeness (QED) is 0.456. The molecular formula is C24H22Cl2N2O3S. The molecule has 3 aromatic carbocycles. The van der Waals surface area contributed by atoms with E-state index in [9.17, 15) is 13.2 Å². The van der Waals surface area contributed by atoms with Gasteiger partial charge in [-0.05, 0) is 66.9 Å². The van der Waals surface area contributed by atoms with Gasteiger partial charge in [-0.15, -0.1) is 0 Å². The smallest absolute Gasteiger partial charge is 0.264 e. The first-order chi connectivity index (χ1) is 15.4. The third kappa shape index (κ3) is 4.77. The van der Waals surface area contributed by atoms with E-state index >= 15 is 0 Å². The molecule has 1 heterocycles. The molecule has 166 valence electrons. The Hall–Kier alpha value is -2.54. The van der Waals surface area contributed by atoms with Crippen molar-refractivity contribution in [2.24, 2.45) is 0 Å². The Kier molecular flexibility index (Phi) is 6.74. The van der Waals surface area contributed by atoms with Crippen LogP contribution in [-0.4, -0.2) is 32.3 Å². The highest BCUT2D eigenvalue weighted by Gasteiger charge is 2.34. The molecule has 32 heavy (non-hydrogen) atoms. The third-order valence-electron chi connectivity index (χ3n) is 5.55. The van der Waals surface area contributed by atoms with Crippen LogP contribution in [0.25, 0.3) is 0 Å². The van der Waals surface area contributed by atoms with Crippen molar-refractivity contribution in [3.05, 3.63) is 94.5 Å². The Bertz CT molecular complexity index is 1180. The molecule has 5 nitrogen and oxygen atoms in total. The van der Waals surface area contributed by atoms with Crippen molar-refractivity contribution >= 4 is 44.8 Å². The highest BCUT2D eigenvalue weighted by molar-refractivity contribution is 7.92. The van der Waals surface area contributed by atoms with Crippen molar-refractivity contribution in [1.82, 2.24) is 4.90 Å². The van der Waals surface area contributed by atoms with Gasteiger partial charge < -0.3 is 4.90 Å². The maximum absolute atomic E-state index is 13.5. The molecule has 0 aromatic heterocycles. The molecule has 1 fully saturated rings. The Morgan fingerprint density at radius 1 is 0.906 bits per heavy atom. The first-order valence-corrected chi connectivity index (χ1v) is 12.4. The summed E-state index contributed by atoms with van der Waals surface area (Å²) in [5.41, 5.74) is 1.42. The van der Waals surface area contributed by atoms with Crippen molar-refractivity contribution in [2.45, 2.75) is 23.8 Å². The van der Waals surface area contributed by atoms with E-state index in [0.717, 1.165) is 22.7 Å². The van der Waals surface area contributed by atoms with Gasteiger partial charge in [0.25, 0.3) is 10.0 Å². The molecule has 0 N–H and O–H groups in total. The van der Waals surface area contributed by atoms with E-state index in [1.807, 2.05) is 30.3 Å². The lowest BCUT2D eigenvalue weighted by Crippen LogP contribution is -2.42. The van der Waals surface area contributed by atoms with Crippen LogP contribution in [0.3, 0.4) is 0 Å². The van der Waals surface area contributed by atoms with Crippen molar-refractivity contribution in [1.29, 1.82) is 0 Å². The number of carbonyl (C=O) groups excluding carboxylic acids is 1. The van der Waals surface area contributed by atoms with Gasteiger partial charge in [0.15, 0.2) is 0 Å². The van der Waals surface area contributed by atoms with Crippen molar-refractivity contribution in [3.8, 4) is 0 Å². The lowest BCUT2D eigenvalue weighted by molar-refractivity contribution is -0.130. The van der Waals surface area contributed by atoms with Crippen molar-refractivity contribution in [3.63, 3.8) is 0 Å². The Morgan fingerprint density at radius 3 is 2.12 bits per heavy atom. The average Bonchev–Trinajstić information content (AvgIpc) is 3.29. The number of sulfonamides is 1. The number of rotatable bonds is 6. The van der Waals surface area contributed by atoms with Gasteiger partial charge in [0.05, 0.1) is 16.6 Å². The van der Waals surface area contributed by atoms with Crippen LogP contribution in [0.2, 0.25) is 10.0 Å². The van der Waals surface area contributed by atoms with Gasteiger partial charge >= 0.3 is 0 Å². The molecule has 1 atom stereocenters. The fourth-order valence-electron chi connectivity index (χ4n) is 3.96. The Labute approximate surface area is 198 Å². The zero-order chi connectivity index (χ0) is 22.7. The Balaban J connectivity index is 1.67. The van der Waals surface area contributed by atoms with Gasteiger partial charge in [0.2, 0.25) is 5.91 Å². The molecule has 0 aliphatic carbocycles. The highest BCUT2D eigenvalue weighted by Crippen LogP contribution is 2.33. The molecule has 1 unspecified atom stereocenters. The number of nitrogens with zero attached hydrogens (tertiary/aromatic N) is 2. The molecule has 1 aliphatic rings. The second kappa shape index (κ2) is 9.53. The number of carbonyl (C=O) groups is 1. The summed E-state index contributed by atoms with van der Waals surface area (Å²) in [5, 5.41) is 0.911. The molecule has 0 radical (unpaired) electrons. The SMILES string of the molecule is O=C(CN(c1ccc(Cl)cc1)S(=O)(=O)c1ccc(Cl)cc1)N1CCCC1c1ccccc1. The Morgan fingerprint density at radius 2 is 1.50 bits per heavy atom. The average molecular weight is 489 g/mol. The number of likely N-dealkylation sites (tertiary alicyclic amines) is 1. The molecule has 4 rings (SSSR count). The number of amides is 1. The van der Waals surface area contributed by atoms with E-state index in [1.54, 1.807) is 29.2 Å². The maximum atomic E-state index is 13.5. The first kappa shape index (κ1) is 22.6. The van der Waals surface area contributed by atoms with Crippen LogP contribution in [0.1, 0.15) is 24.4 Å². The van der Waals surface area contributed by atoms with Gasteiger partial charge in [-0.25, -0.2) is 8.42 Å². The first-order valence-electron chi connectivity index (χ1n) is 10.2. The van der Waals surface area contributed by atoms with Crippen LogP contribution in [0.5, 0.6) is 0 Å². The zero-order valence-electron chi connectivity index (χ0n) is 17.2. The van der Waals surface area contributed by atoms with Gasteiger partial charge in [0.1, 0.15) is 6.54 Å². The minimum absolute atomic E-state index is 0.0608. The van der Waals surface area contributed by atoms with Gasteiger partial charge in [-0.3, -0.25) is 9.10 Å².